The van der Waals surface area contributed by atoms with E-state index in [0.717, 1.165) is 23.4 Å². The zero-order valence-electron chi connectivity index (χ0n) is 10.8. The summed E-state index contributed by atoms with van der Waals surface area (Å²) in [6, 6.07) is 3.90. The second kappa shape index (κ2) is 5.93. The number of aromatic nitrogens is 5. The van der Waals surface area contributed by atoms with Gasteiger partial charge in [-0.25, -0.2) is 4.68 Å². The van der Waals surface area contributed by atoms with E-state index >= 15 is 0 Å². The Kier molecular flexibility index (Phi) is 3.84. The fourth-order valence-corrected chi connectivity index (χ4v) is 2.41. The van der Waals surface area contributed by atoms with Gasteiger partial charge in [-0.15, -0.1) is 26.6 Å². The van der Waals surface area contributed by atoms with E-state index in [1.807, 2.05) is 23.7 Å². The van der Waals surface area contributed by atoms with Crippen LogP contribution < -0.4 is 5.73 Å². The van der Waals surface area contributed by atoms with E-state index < -0.39 is 0 Å². The largest absolute Gasteiger partial charge is 0.418 e. The summed E-state index contributed by atoms with van der Waals surface area (Å²) in [5, 5.41) is 18.1. The van der Waals surface area contributed by atoms with E-state index in [2.05, 4.69) is 20.5 Å². The highest BCUT2D eigenvalue weighted by atomic mass is 32.1. The third kappa shape index (κ3) is 2.91. The maximum absolute atomic E-state index is 5.60. The van der Waals surface area contributed by atoms with Crippen LogP contribution in [0.4, 0.5) is 0 Å². The topological polar surface area (TPSA) is 95.7 Å². The minimum atomic E-state index is 0.425. The van der Waals surface area contributed by atoms with Crippen molar-refractivity contribution in [2.45, 2.75) is 19.4 Å². The van der Waals surface area contributed by atoms with Crippen LogP contribution >= 0.6 is 11.3 Å². The monoisotopic (exact) mass is 290 g/mol. The average Bonchev–Trinajstić information content (AvgIpc) is 3.18. The molecule has 20 heavy (non-hydrogen) atoms. The van der Waals surface area contributed by atoms with Gasteiger partial charge >= 0.3 is 0 Å². The van der Waals surface area contributed by atoms with Gasteiger partial charge in [-0.05, 0) is 30.8 Å². The number of thiophene rings is 1. The molecule has 0 aromatic carbocycles. The first-order chi connectivity index (χ1) is 9.85. The highest BCUT2D eigenvalue weighted by Gasteiger charge is 2.10. The van der Waals surface area contributed by atoms with Crippen LogP contribution in [0.25, 0.3) is 10.8 Å². The van der Waals surface area contributed by atoms with Crippen molar-refractivity contribution in [1.82, 2.24) is 25.2 Å². The van der Waals surface area contributed by atoms with E-state index in [1.165, 1.54) is 0 Å². The summed E-state index contributed by atoms with van der Waals surface area (Å²) in [6.45, 7) is 1.08. The molecule has 3 rings (SSSR count). The third-order valence-electron chi connectivity index (χ3n) is 2.72. The molecular weight excluding hydrogens is 276 g/mol. The molecule has 0 unspecified atom stereocenters. The van der Waals surface area contributed by atoms with Gasteiger partial charge in [0, 0.05) is 6.20 Å². The summed E-state index contributed by atoms with van der Waals surface area (Å²) in [5.41, 5.74) is 6.39. The Morgan fingerprint density at radius 3 is 3.05 bits per heavy atom. The van der Waals surface area contributed by atoms with Crippen molar-refractivity contribution in [3.63, 3.8) is 0 Å². The summed E-state index contributed by atoms with van der Waals surface area (Å²) in [7, 11) is 0. The van der Waals surface area contributed by atoms with Crippen molar-refractivity contribution < 1.29 is 4.42 Å². The summed E-state index contributed by atoms with van der Waals surface area (Å²) in [5.74, 6) is 1.06. The second-order valence-corrected chi connectivity index (χ2v) is 5.23. The minimum Gasteiger partial charge on any atom is -0.418 e. The molecule has 0 radical (unpaired) electrons. The Hall–Kier alpha value is -2.06. The third-order valence-corrected chi connectivity index (χ3v) is 3.58. The standard InChI is InChI=1S/C12H14N6OS/c13-5-1-3-9-7-18(17-14-9)8-11-15-16-12(19-11)10-4-2-6-20-10/h2,4,6-7H,1,3,5,8,13H2. The summed E-state index contributed by atoms with van der Waals surface area (Å²) in [4.78, 5) is 0.964. The fourth-order valence-electron chi connectivity index (χ4n) is 1.77. The second-order valence-electron chi connectivity index (χ2n) is 4.28. The molecule has 104 valence electrons. The first-order valence-electron chi connectivity index (χ1n) is 6.30. The van der Waals surface area contributed by atoms with Crippen LogP contribution in [0.5, 0.6) is 0 Å². The fraction of sp³-hybridized carbons (Fsp3) is 0.333. The Balaban J connectivity index is 1.67. The number of hydrogen-bond donors (Lipinski definition) is 1. The number of nitrogens with two attached hydrogens (primary N) is 1. The lowest BCUT2D eigenvalue weighted by Crippen LogP contribution is -2.01. The van der Waals surface area contributed by atoms with Gasteiger partial charge in [-0.3, -0.25) is 0 Å². The molecule has 7 nitrogen and oxygen atoms in total. The Bertz CT molecular complexity index is 659. The molecule has 0 aliphatic rings. The molecule has 3 heterocycles. The Labute approximate surface area is 119 Å². The van der Waals surface area contributed by atoms with E-state index in [0.29, 0.717) is 24.9 Å². The first kappa shape index (κ1) is 12.9. The lowest BCUT2D eigenvalue weighted by molar-refractivity contribution is 0.470. The van der Waals surface area contributed by atoms with Crippen molar-refractivity contribution in [3.8, 4) is 10.8 Å². The van der Waals surface area contributed by atoms with Crippen LogP contribution in [-0.2, 0) is 13.0 Å². The molecule has 3 aromatic rings. The number of nitrogens with zero attached hydrogens (tertiary/aromatic N) is 5. The molecule has 0 bridgehead atoms. The zero-order chi connectivity index (χ0) is 13.8. The van der Waals surface area contributed by atoms with Crippen LogP contribution in [0.3, 0.4) is 0 Å². The van der Waals surface area contributed by atoms with Gasteiger partial charge in [-0.1, -0.05) is 11.3 Å². The quantitative estimate of drug-likeness (QED) is 0.735. The van der Waals surface area contributed by atoms with Crippen molar-refractivity contribution >= 4 is 11.3 Å². The molecule has 0 saturated heterocycles. The molecule has 0 spiro atoms. The van der Waals surface area contributed by atoms with Crippen molar-refractivity contribution in [3.05, 3.63) is 35.3 Å². The zero-order valence-corrected chi connectivity index (χ0v) is 11.6. The maximum atomic E-state index is 5.60. The summed E-state index contributed by atoms with van der Waals surface area (Å²) >= 11 is 1.57. The normalized spacial score (nSPS) is 11.1. The lowest BCUT2D eigenvalue weighted by atomic mass is 10.2. The van der Waals surface area contributed by atoms with E-state index in [1.54, 1.807) is 16.0 Å². The predicted molar refractivity (Wildman–Crippen MR) is 74.1 cm³/mol. The van der Waals surface area contributed by atoms with E-state index in [4.69, 9.17) is 10.2 Å². The highest BCUT2D eigenvalue weighted by molar-refractivity contribution is 7.13. The van der Waals surface area contributed by atoms with Gasteiger partial charge in [0.2, 0.25) is 5.89 Å². The molecule has 0 fully saturated rings. The highest BCUT2D eigenvalue weighted by Crippen LogP contribution is 2.23. The maximum Gasteiger partial charge on any atom is 0.257 e. The number of rotatable bonds is 6. The molecular formula is C12H14N6OS. The Morgan fingerprint density at radius 2 is 2.25 bits per heavy atom. The van der Waals surface area contributed by atoms with Crippen LogP contribution in [0.1, 0.15) is 18.0 Å². The van der Waals surface area contributed by atoms with Gasteiger partial charge < -0.3 is 10.2 Å². The van der Waals surface area contributed by atoms with Crippen LogP contribution in [0.15, 0.2) is 28.1 Å². The average molecular weight is 290 g/mol. The van der Waals surface area contributed by atoms with E-state index in [9.17, 15) is 0 Å². The van der Waals surface area contributed by atoms with Crippen molar-refractivity contribution in [2.75, 3.05) is 6.54 Å². The SMILES string of the molecule is NCCCc1cn(Cc2nnc(-c3cccs3)o2)nn1. The Morgan fingerprint density at radius 1 is 1.30 bits per heavy atom. The molecule has 0 saturated carbocycles. The van der Waals surface area contributed by atoms with Crippen LogP contribution in [0.2, 0.25) is 0 Å². The van der Waals surface area contributed by atoms with Gasteiger partial charge in [0.15, 0.2) is 0 Å². The van der Waals surface area contributed by atoms with Gasteiger partial charge in [0.25, 0.3) is 5.89 Å². The molecule has 0 aliphatic carbocycles. The van der Waals surface area contributed by atoms with Crippen LogP contribution in [0, 0.1) is 0 Å². The molecule has 0 aliphatic heterocycles. The van der Waals surface area contributed by atoms with Crippen molar-refractivity contribution in [1.29, 1.82) is 0 Å². The molecule has 0 atom stereocenters. The number of aryl methyl sites for hydroxylation is 1. The molecule has 0 amide bonds. The van der Waals surface area contributed by atoms with Gasteiger partial charge in [0.05, 0.1) is 10.6 Å². The van der Waals surface area contributed by atoms with Gasteiger partial charge in [0.1, 0.15) is 6.54 Å². The molecule has 3 aromatic heterocycles. The smallest absolute Gasteiger partial charge is 0.257 e. The molecule has 8 heteroatoms. The van der Waals surface area contributed by atoms with E-state index in [-0.39, 0.29) is 0 Å². The number of hydrogen-bond acceptors (Lipinski definition) is 7. The lowest BCUT2D eigenvalue weighted by Gasteiger charge is -1.93. The van der Waals surface area contributed by atoms with Crippen LogP contribution in [-0.4, -0.2) is 31.7 Å². The minimum absolute atomic E-state index is 0.425. The first-order valence-corrected chi connectivity index (χ1v) is 7.18. The molecule has 2 N–H and O–H groups in total. The van der Waals surface area contributed by atoms with Crippen molar-refractivity contribution in [2.24, 2.45) is 5.73 Å². The summed E-state index contributed by atoms with van der Waals surface area (Å²) < 4.78 is 7.29. The van der Waals surface area contributed by atoms with Gasteiger partial charge in [-0.2, -0.15) is 0 Å². The summed E-state index contributed by atoms with van der Waals surface area (Å²) in [6.07, 6.45) is 3.62. The predicted octanol–water partition coefficient (Wildman–Crippen LogP) is 1.33.